The molecule has 0 aromatic heterocycles. The molecule has 23 heavy (non-hydrogen) atoms. The van der Waals surface area contributed by atoms with Crippen molar-refractivity contribution in [2.75, 3.05) is 0 Å². The number of hydrogen-bond donors (Lipinski definition) is 0. The Kier molecular flexibility index (Phi) is 4.74. The van der Waals surface area contributed by atoms with E-state index in [0.717, 1.165) is 11.5 Å². The molecule has 0 bridgehead atoms. The lowest BCUT2D eigenvalue weighted by molar-refractivity contribution is 0.146. The van der Waals surface area contributed by atoms with Gasteiger partial charge in [-0.15, -0.1) is 0 Å². The predicted octanol–water partition coefficient (Wildman–Crippen LogP) is 6.72. The maximum absolute atomic E-state index is 13.7. The average Bonchev–Trinajstić information content (AvgIpc) is 2.55. The summed E-state index contributed by atoms with van der Waals surface area (Å²) in [4.78, 5) is 0. The Labute approximate surface area is 135 Å². The molecule has 0 heterocycles. The number of benzene rings is 2. The van der Waals surface area contributed by atoms with Crippen molar-refractivity contribution < 1.29 is 13.2 Å². The lowest BCUT2D eigenvalue weighted by atomic mass is 9.79. The first-order valence-electron chi connectivity index (χ1n) is 8.22. The Hall–Kier alpha value is -1.77. The van der Waals surface area contributed by atoms with Gasteiger partial charge in [-0.3, -0.25) is 0 Å². The highest BCUT2D eigenvalue weighted by Crippen LogP contribution is 2.36. The molecule has 0 radical (unpaired) electrons. The van der Waals surface area contributed by atoms with E-state index in [-0.39, 0.29) is 0 Å². The molecule has 0 amide bonds. The number of rotatable bonds is 3. The van der Waals surface area contributed by atoms with E-state index in [0.29, 0.717) is 11.5 Å². The van der Waals surface area contributed by atoms with E-state index in [4.69, 9.17) is 0 Å². The first kappa shape index (κ1) is 16.1. The quantitative estimate of drug-likeness (QED) is 0.589. The van der Waals surface area contributed by atoms with Crippen LogP contribution >= 0.6 is 0 Å². The molecule has 0 spiro atoms. The molecule has 3 heteroatoms. The Morgan fingerprint density at radius 3 is 2.04 bits per heavy atom. The molecule has 1 saturated carbocycles. The third kappa shape index (κ3) is 3.60. The van der Waals surface area contributed by atoms with Crippen molar-refractivity contribution in [1.29, 1.82) is 0 Å². The molecule has 0 nitrogen and oxygen atoms in total. The molecule has 3 rings (SSSR count). The zero-order valence-corrected chi connectivity index (χ0v) is 13.2. The van der Waals surface area contributed by atoms with Crippen LogP contribution in [0.2, 0.25) is 0 Å². The van der Waals surface area contributed by atoms with Crippen LogP contribution in [-0.4, -0.2) is 0 Å². The van der Waals surface area contributed by atoms with Gasteiger partial charge in [0.15, 0.2) is 0 Å². The van der Waals surface area contributed by atoms with Gasteiger partial charge in [-0.25, -0.2) is 13.2 Å². The van der Waals surface area contributed by atoms with Crippen molar-refractivity contribution >= 4 is 0 Å². The molecule has 1 fully saturated rings. The largest absolute Gasteiger partial charge is 0.266 e. The molecule has 1 aliphatic carbocycles. The molecular formula is C20H21F3. The summed E-state index contributed by atoms with van der Waals surface area (Å²) in [6.45, 7) is 2.30. The van der Waals surface area contributed by atoms with E-state index in [1.165, 1.54) is 43.4 Å². The highest BCUT2D eigenvalue weighted by molar-refractivity contribution is 5.64. The van der Waals surface area contributed by atoms with Crippen LogP contribution in [0.25, 0.3) is 11.1 Å². The van der Waals surface area contributed by atoms with Gasteiger partial charge in [0.25, 0.3) is 6.43 Å². The van der Waals surface area contributed by atoms with Crippen LogP contribution in [0.4, 0.5) is 13.2 Å². The highest BCUT2D eigenvalue weighted by atomic mass is 19.3. The molecule has 0 atom stereocenters. The Balaban J connectivity index is 1.78. The number of halogens is 3. The summed E-state index contributed by atoms with van der Waals surface area (Å²) in [7, 11) is 0. The Morgan fingerprint density at radius 2 is 1.48 bits per heavy atom. The molecule has 0 aliphatic heterocycles. The second kappa shape index (κ2) is 6.77. The van der Waals surface area contributed by atoms with Gasteiger partial charge in [0.05, 0.1) is 5.56 Å². The van der Waals surface area contributed by atoms with E-state index in [2.05, 4.69) is 19.1 Å². The summed E-state index contributed by atoms with van der Waals surface area (Å²) >= 11 is 0. The maximum atomic E-state index is 13.7. The summed E-state index contributed by atoms with van der Waals surface area (Å²) in [5, 5.41) is 0. The van der Waals surface area contributed by atoms with Crippen LogP contribution < -0.4 is 0 Å². The van der Waals surface area contributed by atoms with Gasteiger partial charge in [-0.1, -0.05) is 50.1 Å². The summed E-state index contributed by atoms with van der Waals surface area (Å²) in [5.41, 5.74) is 2.28. The zero-order chi connectivity index (χ0) is 16.4. The number of hydrogen-bond acceptors (Lipinski definition) is 0. The molecular weight excluding hydrogens is 297 g/mol. The first-order chi connectivity index (χ1) is 11.0. The van der Waals surface area contributed by atoms with Gasteiger partial charge >= 0.3 is 0 Å². The lowest BCUT2D eigenvalue weighted by Gasteiger charge is -2.26. The summed E-state index contributed by atoms with van der Waals surface area (Å²) in [6.07, 6.45) is 2.20. The summed E-state index contributed by atoms with van der Waals surface area (Å²) < 4.78 is 38.9. The van der Waals surface area contributed by atoms with E-state index in [1.54, 1.807) is 6.07 Å². The summed E-state index contributed by atoms with van der Waals surface area (Å²) in [6, 6.07) is 12.0. The fourth-order valence-electron chi connectivity index (χ4n) is 3.42. The molecule has 0 N–H and O–H groups in total. The fourth-order valence-corrected chi connectivity index (χ4v) is 3.42. The van der Waals surface area contributed by atoms with Crippen molar-refractivity contribution in [2.24, 2.45) is 5.92 Å². The number of alkyl halides is 2. The molecule has 122 valence electrons. The van der Waals surface area contributed by atoms with Crippen LogP contribution in [-0.2, 0) is 0 Å². The van der Waals surface area contributed by atoms with Crippen molar-refractivity contribution in [2.45, 2.75) is 45.0 Å². The van der Waals surface area contributed by atoms with E-state index in [1.807, 2.05) is 12.1 Å². The van der Waals surface area contributed by atoms with Crippen molar-refractivity contribution in [3.8, 4) is 11.1 Å². The predicted molar refractivity (Wildman–Crippen MR) is 87.2 cm³/mol. The van der Waals surface area contributed by atoms with E-state index in [9.17, 15) is 13.2 Å². The monoisotopic (exact) mass is 318 g/mol. The molecule has 2 aromatic carbocycles. The topological polar surface area (TPSA) is 0 Å². The van der Waals surface area contributed by atoms with Crippen LogP contribution in [0, 0.1) is 11.7 Å². The summed E-state index contributed by atoms with van der Waals surface area (Å²) in [5.74, 6) is 0.586. The van der Waals surface area contributed by atoms with Crippen LogP contribution in [0.3, 0.4) is 0 Å². The van der Waals surface area contributed by atoms with Crippen LogP contribution in [0.5, 0.6) is 0 Å². The molecule has 0 unspecified atom stereocenters. The molecule has 1 aliphatic rings. The minimum atomic E-state index is -2.78. The van der Waals surface area contributed by atoms with Gasteiger partial charge < -0.3 is 0 Å². The van der Waals surface area contributed by atoms with Crippen molar-refractivity contribution in [3.05, 3.63) is 59.4 Å². The van der Waals surface area contributed by atoms with E-state index < -0.39 is 17.8 Å². The Morgan fingerprint density at radius 1 is 0.870 bits per heavy atom. The first-order valence-corrected chi connectivity index (χ1v) is 8.22. The standard InChI is InChI=1S/C20H21F3/c1-13-2-4-14(5-3-13)15-6-8-16(9-7-15)17-10-11-18(20(22)23)19(21)12-17/h6-14,20H,2-5H2,1H3. The normalized spacial score (nSPS) is 21.6. The minimum absolute atomic E-state index is 0.540. The van der Waals surface area contributed by atoms with Gasteiger partial charge in [-0.05, 0) is 53.5 Å². The SMILES string of the molecule is CC1CCC(c2ccc(-c3ccc(C(F)F)c(F)c3)cc2)CC1. The molecule has 2 aromatic rings. The van der Waals surface area contributed by atoms with E-state index >= 15 is 0 Å². The fraction of sp³-hybridized carbons (Fsp3) is 0.400. The maximum Gasteiger partial charge on any atom is 0.266 e. The van der Waals surface area contributed by atoms with Crippen LogP contribution in [0.15, 0.2) is 42.5 Å². The molecule has 0 saturated heterocycles. The van der Waals surface area contributed by atoms with Crippen molar-refractivity contribution in [3.63, 3.8) is 0 Å². The van der Waals surface area contributed by atoms with Crippen LogP contribution in [0.1, 0.15) is 56.1 Å². The Bertz CT molecular complexity index is 653. The van der Waals surface area contributed by atoms with Gasteiger partial charge in [0.1, 0.15) is 5.82 Å². The second-order valence-electron chi connectivity index (χ2n) is 6.62. The highest BCUT2D eigenvalue weighted by Gasteiger charge is 2.19. The second-order valence-corrected chi connectivity index (χ2v) is 6.62. The van der Waals surface area contributed by atoms with Gasteiger partial charge in [-0.2, -0.15) is 0 Å². The smallest absolute Gasteiger partial charge is 0.206 e. The lowest BCUT2D eigenvalue weighted by Crippen LogP contribution is -2.10. The third-order valence-corrected chi connectivity index (χ3v) is 4.97. The van der Waals surface area contributed by atoms with Crippen molar-refractivity contribution in [1.82, 2.24) is 0 Å². The van der Waals surface area contributed by atoms with Gasteiger partial charge in [0.2, 0.25) is 0 Å². The average molecular weight is 318 g/mol. The third-order valence-electron chi connectivity index (χ3n) is 4.97. The zero-order valence-electron chi connectivity index (χ0n) is 13.2. The van der Waals surface area contributed by atoms with Gasteiger partial charge in [0, 0.05) is 0 Å². The minimum Gasteiger partial charge on any atom is -0.206 e.